The highest BCUT2D eigenvalue weighted by Gasteiger charge is 2.04. The van der Waals surface area contributed by atoms with Crippen molar-refractivity contribution in [1.29, 1.82) is 0 Å². The third-order valence-corrected chi connectivity index (χ3v) is 3.24. The number of aryl methyl sites for hydroxylation is 1. The molecule has 0 bridgehead atoms. The fraction of sp³-hybridized carbons (Fsp3) is 0.357. The molecule has 2 N–H and O–H groups in total. The number of thiocarbonyl (C=S) groups is 1. The van der Waals surface area contributed by atoms with Crippen molar-refractivity contribution in [2.24, 2.45) is 11.7 Å². The topological polar surface area (TPSA) is 30.9 Å². The van der Waals surface area contributed by atoms with Gasteiger partial charge in [-0.1, -0.05) is 26.1 Å². The minimum Gasteiger partial charge on any atom is -0.389 e. The number of nitrogens with zero attached hydrogens (tertiary/aromatic N) is 1. The van der Waals surface area contributed by atoms with Crippen LogP contribution in [-0.4, -0.2) is 9.56 Å². The van der Waals surface area contributed by atoms with Gasteiger partial charge in [-0.15, -0.1) is 0 Å². The summed E-state index contributed by atoms with van der Waals surface area (Å²) < 4.78 is 2.29. The number of hydrogen-bond acceptors (Lipinski definition) is 1. The van der Waals surface area contributed by atoms with Crippen molar-refractivity contribution in [2.75, 3.05) is 0 Å². The smallest absolute Gasteiger partial charge is 0.104 e. The van der Waals surface area contributed by atoms with Crippen molar-refractivity contribution < 1.29 is 0 Å². The third kappa shape index (κ3) is 2.67. The van der Waals surface area contributed by atoms with E-state index in [4.69, 9.17) is 18.0 Å². The molecule has 1 heterocycles. The van der Waals surface area contributed by atoms with Crippen LogP contribution < -0.4 is 5.73 Å². The molecule has 2 rings (SSSR count). The molecule has 0 fully saturated rings. The predicted molar refractivity (Wildman–Crippen MR) is 77.3 cm³/mol. The quantitative estimate of drug-likeness (QED) is 0.839. The molecular formula is C14H18N2S. The summed E-state index contributed by atoms with van der Waals surface area (Å²) in [6.07, 6.45) is 3.33. The molecule has 0 unspecified atom stereocenters. The summed E-state index contributed by atoms with van der Waals surface area (Å²) in [4.78, 5) is 0.460. The van der Waals surface area contributed by atoms with Crippen LogP contribution in [0.3, 0.4) is 0 Å². The summed E-state index contributed by atoms with van der Waals surface area (Å²) in [5.74, 6) is 0.725. The molecule has 0 amide bonds. The highest BCUT2D eigenvalue weighted by Crippen LogP contribution is 2.19. The van der Waals surface area contributed by atoms with E-state index in [0.29, 0.717) is 4.99 Å². The molecule has 0 saturated carbocycles. The van der Waals surface area contributed by atoms with Crippen molar-refractivity contribution in [3.63, 3.8) is 0 Å². The SMILES string of the molecule is CC(C)CCn1ccc2cc(C(N)=S)ccc21. The van der Waals surface area contributed by atoms with Gasteiger partial charge in [-0.25, -0.2) is 0 Å². The number of rotatable bonds is 4. The minimum atomic E-state index is 0.460. The van der Waals surface area contributed by atoms with E-state index >= 15 is 0 Å². The summed E-state index contributed by atoms with van der Waals surface area (Å²) in [7, 11) is 0. The Morgan fingerprint density at radius 3 is 2.76 bits per heavy atom. The van der Waals surface area contributed by atoms with Gasteiger partial charge in [-0.2, -0.15) is 0 Å². The molecule has 2 nitrogen and oxygen atoms in total. The molecular weight excluding hydrogens is 228 g/mol. The molecule has 90 valence electrons. The zero-order valence-electron chi connectivity index (χ0n) is 10.3. The Balaban J connectivity index is 2.31. The summed E-state index contributed by atoms with van der Waals surface area (Å²) in [5, 5.41) is 1.21. The Labute approximate surface area is 107 Å². The van der Waals surface area contributed by atoms with Gasteiger partial charge in [0.25, 0.3) is 0 Å². The first-order valence-electron chi connectivity index (χ1n) is 5.96. The van der Waals surface area contributed by atoms with E-state index < -0.39 is 0 Å². The van der Waals surface area contributed by atoms with Crippen LogP contribution in [0.15, 0.2) is 30.5 Å². The Morgan fingerprint density at radius 2 is 2.12 bits per heavy atom. The first-order chi connectivity index (χ1) is 8.08. The van der Waals surface area contributed by atoms with E-state index in [1.54, 1.807) is 0 Å². The highest BCUT2D eigenvalue weighted by molar-refractivity contribution is 7.80. The van der Waals surface area contributed by atoms with Gasteiger partial charge in [0.15, 0.2) is 0 Å². The lowest BCUT2D eigenvalue weighted by Gasteiger charge is -2.08. The van der Waals surface area contributed by atoms with Gasteiger partial charge in [0.05, 0.1) is 0 Å². The van der Waals surface area contributed by atoms with Crippen LogP contribution in [0.5, 0.6) is 0 Å². The second-order valence-corrected chi connectivity index (χ2v) is 5.27. The van der Waals surface area contributed by atoms with E-state index in [9.17, 15) is 0 Å². The second kappa shape index (κ2) is 4.88. The Morgan fingerprint density at radius 1 is 1.35 bits per heavy atom. The molecule has 0 radical (unpaired) electrons. The van der Waals surface area contributed by atoms with Crippen LogP contribution in [0, 0.1) is 5.92 Å². The van der Waals surface area contributed by atoms with Crippen LogP contribution in [0.1, 0.15) is 25.8 Å². The molecule has 0 aliphatic rings. The average molecular weight is 246 g/mol. The van der Waals surface area contributed by atoms with Gasteiger partial charge >= 0.3 is 0 Å². The lowest BCUT2D eigenvalue weighted by Crippen LogP contribution is -2.08. The summed E-state index contributed by atoms with van der Waals surface area (Å²) >= 11 is 4.99. The largest absolute Gasteiger partial charge is 0.389 e. The van der Waals surface area contributed by atoms with E-state index in [0.717, 1.165) is 18.0 Å². The van der Waals surface area contributed by atoms with Crippen LogP contribution in [-0.2, 0) is 6.54 Å². The molecule has 0 aliphatic carbocycles. The lowest BCUT2D eigenvalue weighted by atomic mass is 10.1. The highest BCUT2D eigenvalue weighted by atomic mass is 32.1. The maximum atomic E-state index is 5.63. The molecule has 2 aromatic rings. The monoisotopic (exact) mass is 246 g/mol. The van der Waals surface area contributed by atoms with Crippen LogP contribution in [0.4, 0.5) is 0 Å². The Kier molecular flexibility index (Phi) is 3.48. The zero-order chi connectivity index (χ0) is 12.4. The summed E-state index contributed by atoms with van der Waals surface area (Å²) in [6, 6.07) is 8.28. The van der Waals surface area contributed by atoms with Crippen molar-refractivity contribution in [3.8, 4) is 0 Å². The maximum Gasteiger partial charge on any atom is 0.104 e. The van der Waals surface area contributed by atoms with Gasteiger partial charge in [-0.3, -0.25) is 0 Å². The van der Waals surface area contributed by atoms with Gasteiger partial charge in [0, 0.05) is 29.2 Å². The van der Waals surface area contributed by atoms with Crippen molar-refractivity contribution in [1.82, 2.24) is 4.57 Å². The molecule has 0 saturated heterocycles. The molecule has 0 aliphatic heterocycles. The second-order valence-electron chi connectivity index (χ2n) is 4.83. The standard InChI is InChI=1S/C14H18N2S/c1-10(2)5-7-16-8-6-11-9-12(14(15)17)3-4-13(11)16/h3-4,6,8-10H,5,7H2,1-2H3,(H2,15,17). The number of fused-ring (bicyclic) bond motifs is 1. The number of hydrogen-bond donors (Lipinski definition) is 1. The van der Waals surface area contributed by atoms with E-state index in [2.05, 4.69) is 42.8 Å². The first kappa shape index (κ1) is 12.1. The minimum absolute atomic E-state index is 0.460. The zero-order valence-corrected chi connectivity index (χ0v) is 11.1. The fourth-order valence-electron chi connectivity index (χ4n) is 1.95. The summed E-state index contributed by atoms with van der Waals surface area (Å²) in [5.41, 5.74) is 7.83. The normalized spacial score (nSPS) is 11.2. The van der Waals surface area contributed by atoms with Crippen LogP contribution in [0.25, 0.3) is 10.9 Å². The van der Waals surface area contributed by atoms with E-state index in [-0.39, 0.29) is 0 Å². The van der Waals surface area contributed by atoms with E-state index in [1.165, 1.54) is 17.3 Å². The van der Waals surface area contributed by atoms with Gasteiger partial charge in [0.2, 0.25) is 0 Å². The number of aromatic nitrogens is 1. The third-order valence-electron chi connectivity index (χ3n) is 3.00. The fourth-order valence-corrected chi connectivity index (χ4v) is 2.07. The molecule has 0 atom stereocenters. The van der Waals surface area contributed by atoms with Crippen LogP contribution >= 0.6 is 12.2 Å². The lowest BCUT2D eigenvalue weighted by molar-refractivity contribution is 0.524. The maximum absolute atomic E-state index is 5.63. The first-order valence-corrected chi connectivity index (χ1v) is 6.37. The molecule has 3 heteroatoms. The predicted octanol–water partition coefficient (Wildman–Crippen LogP) is 3.32. The van der Waals surface area contributed by atoms with Gasteiger partial charge in [-0.05, 0) is 36.6 Å². The average Bonchev–Trinajstić information content (AvgIpc) is 2.68. The Bertz CT molecular complexity index is 540. The molecule has 1 aromatic carbocycles. The molecule has 17 heavy (non-hydrogen) atoms. The summed E-state index contributed by atoms with van der Waals surface area (Å²) in [6.45, 7) is 5.56. The van der Waals surface area contributed by atoms with Crippen molar-refractivity contribution >= 4 is 28.1 Å². The van der Waals surface area contributed by atoms with Crippen molar-refractivity contribution in [3.05, 3.63) is 36.0 Å². The van der Waals surface area contributed by atoms with Gasteiger partial charge in [0.1, 0.15) is 4.99 Å². The van der Waals surface area contributed by atoms with Crippen LogP contribution in [0.2, 0.25) is 0 Å². The number of benzene rings is 1. The van der Waals surface area contributed by atoms with E-state index in [1.807, 2.05) is 6.07 Å². The van der Waals surface area contributed by atoms with Crippen molar-refractivity contribution in [2.45, 2.75) is 26.8 Å². The van der Waals surface area contributed by atoms with Gasteiger partial charge < -0.3 is 10.3 Å². The Hall–Kier alpha value is -1.35. The molecule has 1 aromatic heterocycles. The molecule has 0 spiro atoms. The number of nitrogens with two attached hydrogens (primary N) is 1.